The quantitative estimate of drug-likeness (QED) is 0.855. The molecule has 1 aromatic heterocycles. The van der Waals surface area contributed by atoms with Crippen LogP contribution in [-0.4, -0.2) is 31.2 Å². The molecule has 5 heteroatoms. The maximum absolute atomic E-state index is 12.6. The average molecular weight is 330 g/mol. The number of furan rings is 1. The van der Waals surface area contributed by atoms with Crippen molar-refractivity contribution in [3.05, 3.63) is 36.1 Å². The molecular weight excluding hydrogens is 304 g/mol. The Labute approximate surface area is 142 Å². The summed E-state index contributed by atoms with van der Waals surface area (Å²) in [7, 11) is 0. The van der Waals surface area contributed by atoms with Gasteiger partial charge < -0.3 is 19.8 Å². The van der Waals surface area contributed by atoms with E-state index in [9.17, 15) is 4.79 Å². The molecule has 2 aromatic rings. The molecule has 0 radical (unpaired) electrons. The molecule has 24 heavy (non-hydrogen) atoms. The van der Waals surface area contributed by atoms with E-state index in [-0.39, 0.29) is 17.9 Å². The highest BCUT2D eigenvalue weighted by atomic mass is 16.5. The molecule has 2 N–H and O–H groups in total. The highest BCUT2D eigenvalue weighted by Crippen LogP contribution is 2.18. The largest absolute Gasteiger partial charge is 0.459 e. The van der Waals surface area contributed by atoms with Crippen molar-refractivity contribution in [2.24, 2.45) is 5.92 Å². The van der Waals surface area contributed by atoms with Crippen molar-refractivity contribution >= 4 is 16.9 Å². The monoisotopic (exact) mass is 330 g/mol. The summed E-state index contributed by atoms with van der Waals surface area (Å²) >= 11 is 0. The van der Waals surface area contributed by atoms with Gasteiger partial charge in [-0.15, -0.1) is 0 Å². The molecule has 0 spiro atoms. The highest BCUT2D eigenvalue weighted by Gasteiger charge is 2.26. The van der Waals surface area contributed by atoms with Gasteiger partial charge in [0, 0.05) is 24.6 Å². The lowest BCUT2D eigenvalue weighted by Gasteiger charge is -2.29. The molecule has 1 aliphatic rings. The summed E-state index contributed by atoms with van der Waals surface area (Å²) in [5.74, 6) is 1.03. The van der Waals surface area contributed by atoms with Gasteiger partial charge in [-0.05, 0) is 30.9 Å². The van der Waals surface area contributed by atoms with Crippen molar-refractivity contribution in [3.63, 3.8) is 0 Å². The summed E-state index contributed by atoms with van der Waals surface area (Å²) in [6.45, 7) is 6.08. The maximum atomic E-state index is 12.6. The van der Waals surface area contributed by atoms with E-state index in [0.717, 1.165) is 42.8 Å². The van der Waals surface area contributed by atoms with Crippen LogP contribution in [0.2, 0.25) is 0 Å². The van der Waals surface area contributed by atoms with Crippen LogP contribution in [0.1, 0.15) is 32.4 Å². The van der Waals surface area contributed by atoms with Gasteiger partial charge in [-0.25, -0.2) is 0 Å². The number of fused-ring (bicyclic) bond motifs is 1. The van der Waals surface area contributed by atoms with Crippen LogP contribution in [0, 0.1) is 5.92 Å². The Bertz CT molecular complexity index is 641. The molecule has 1 atom stereocenters. The number of benzene rings is 1. The molecular formula is C19H26N2O3. The van der Waals surface area contributed by atoms with Gasteiger partial charge in [0.15, 0.2) is 0 Å². The number of carbonyl (C=O) groups excluding carboxylic acids is 1. The van der Waals surface area contributed by atoms with E-state index in [1.165, 1.54) is 0 Å². The van der Waals surface area contributed by atoms with E-state index in [2.05, 4.69) is 24.5 Å². The minimum Gasteiger partial charge on any atom is -0.459 e. The number of nitrogens with one attached hydrogen (secondary N) is 2. The zero-order valence-corrected chi connectivity index (χ0v) is 14.4. The number of hydrogen-bond donors (Lipinski definition) is 2. The Morgan fingerprint density at radius 2 is 2.00 bits per heavy atom. The van der Waals surface area contributed by atoms with Crippen molar-refractivity contribution in [2.75, 3.05) is 13.2 Å². The Morgan fingerprint density at radius 1 is 1.25 bits per heavy atom. The third-order valence-corrected chi connectivity index (χ3v) is 4.50. The Morgan fingerprint density at radius 3 is 2.71 bits per heavy atom. The van der Waals surface area contributed by atoms with E-state index >= 15 is 0 Å². The summed E-state index contributed by atoms with van der Waals surface area (Å²) in [5, 5.41) is 7.56. The minimum absolute atomic E-state index is 0.0250. The van der Waals surface area contributed by atoms with E-state index in [1.807, 2.05) is 30.3 Å². The van der Waals surface area contributed by atoms with E-state index in [4.69, 9.17) is 9.15 Å². The lowest BCUT2D eigenvalue weighted by molar-refractivity contribution is -0.124. The fourth-order valence-electron chi connectivity index (χ4n) is 3.10. The van der Waals surface area contributed by atoms with Gasteiger partial charge in [0.1, 0.15) is 11.3 Å². The summed E-state index contributed by atoms with van der Waals surface area (Å²) in [4.78, 5) is 12.6. The molecule has 0 aliphatic carbocycles. The lowest BCUT2D eigenvalue weighted by atomic mass is 10.00. The van der Waals surface area contributed by atoms with Crippen LogP contribution >= 0.6 is 0 Å². The van der Waals surface area contributed by atoms with E-state index in [0.29, 0.717) is 12.6 Å². The zero-order valence-electron chi connectivity index (χ0n) is 14.4. The first-order valence-electron chi connectivity index (χ1n) is 8.72. The molecule has 0 bridgehead atoms. The molecule has 1 aliphatic heterocycles. The van der Waals surface area contributed by atoms with Crippen LogP contribution in [0.5, 0.6) is 0 Å². The Hall–Kier alpha value is -1.85. The van der Waals surface area contributed by atoms with Crippen LogP contribution in [0.15, 0.2) is 34.7 Å². The van der Waals surface area contributed by atoms with Crippen molar-refractivity contribution in [1.82, 2.24) is 10.6 Å². The molecule has 1 saturated heterocycles. The fourth-order valence-corrected chi connectivity index (χ4v) is 3.10. The molecule has 3 rings (SSSR count). The number of amides is 1. The molecule has 0 saturated carbocycles. The number of carbonyl (C=O) groups is 1. The second-order valence-electron chi connectivity index (χ2n) is 6.74. The Kier molecular flexibility index (Phi) is 5.53. The summed E-state index contributed by atoms with van der Waals surface area (Å²) in [6, 6.07) is 10.00. The van der Waals surface area contributed by atoms with Gasteiger partial charge in [0.05, 0.1) is 12.6 Å². The van der Waals surface area contributed by atoms with Gasteiger partial charge in [-0.2, -0.15) is 0 Å². The third kappa shape index (κ3) is 4.16. The molecule has 5 nitrogen and oxygen atoms in total. The van der Waals surface area contributed by atoms with Gasteiger partial charge in [-0.1, -0.05) is 32.0 Å². The molecule has 130 valence electrons. The van der Waals surface area contributed by atoms with Crippen LogP contribution in [0.25, 0.3) is 11.0 Å². The average Bonchev–Trinajstić information content (AvgIpc) is 3.01. The first-order valence-corrected chi connectivity index (χ1v) is 8.72. The second-order valence-corrected chi connectivity index (χ2v) is 6.74. The third-order valence-electron chi connectivity index (χ3n) is 4.50. The number of hydrogen-bond acceptors (Lipinski definition) is 4. The van der Waals surface area contributed by atoms with Crippen LogP contribution < -0.4 is 10.6 Å². The second kappa shape index (κ2) is 7.81. The van der Waals surface area contributed by atoms with Crippen LogP contribution in [-0.2, 0) is 16.1 Å². The summed E-state index contributed by atoms with van der Waals surface area (Å²) < 4.78 is 11.1. The predicted octanol–water partition coefficient (Wildman–Crippen LogP) is 2.84. The van der Waals surface area contributed by atoms with Gasteiger partial charge in [-0.3, -0.25) is 4.79 Å². The molecule has 0 unspecified atom stereocenters. The van der Waals surface area contributed by atoms with Gasteiger partial charge >= 0.3 is 0 Å². The smallest absolute Gasteiger partial charge is 0.237 e. The summed E-state index contributed by atoms with van der Waals surface area (Å²) in [6.07, 6.45) is 1.92. The predicted molar refractivity (Wildman–Crippen MR) is 93.7 cm³/mol. The van der Waals surface area contributed by atoms with Gasteiger partial charge in [0.25, 0.3) is 0 Å². The van der Waals surface area contributed by atoms with Gasteiger partial charge in [0.2, 0.25) is 5.91 Å². The van der Waals surface area contributed by atoms with Crippen molar-refractivity contribution < 1.29 is 13.9 Å². The number of ether oxygens (including phenoxy) is 1. The number of para-hydroxylation sites is 1. The fraction of sp³-hybridized carbons (Fsp3) is 0.526. The van der Waals surface area contributed by atoms with E-state index < -0.39 is 0 Å². The first kappa shape index (κ1) is 17.0. The first-order chi connectivity index (χ1) is 11.6. The highest BCUT2D eigenvalue weighted by molar-refractivity contribution is 5.82. The molecule has 1 amide bonds. The molecule has 1 fully saturated rings. The van der Waals surface area contributed by atoms with Crippen molar-refractivity contribution in [2.45, 2.75) is 45.3 Å². The SMILES string of the molecule is CC(C)[C@H](NC1CCOCC1)C(=O)NCc1cc2ccccc2o1. The topological polar surface area (TPSA) is 63.5 Å². The normalized spacial score (nSPS) is 17.3. The van der Waals surface area contributed by atoms with E-state index in [1.54, 1.807) is 0 Å². The molecule has 1 aromatic carbocycles. The van der Waals surface area contributed by atoms with Crippen molar-refractivity contribution in [3.8, 4) is 0 Å². The minimum atomic E-state index is -0.197. The van der Waals surface area contributed by atoms with Crippen molar-refractivity contribution in [1.29, 1.82) is 0 Å². The summed E-state index contributed by atoms with van der Waals surface area (Å²) in [5.41, 5.74) is 0.850. The zero-order chi connectivity index (χ0) is 16.9. The molecule has 2 heterocycles. The lowest BCUT2D eigenvalue weighted by Crippen LogP contribution is -2.52. The van der Waals surface area contributed by atoms with Crippen LogP contribution in [0.3, 0.4) is 0 Å². The number of rotatable bonds is 6. The Balaban J connectivity index is 1.58. The van der Waals surface area contributed by atoms with Crippen LogP contribution in [0.4, 0.5) is 0 Å². The standard InChI is InChI=1S/C19H26N2O3/c1-13(2)18(21-15-7-9-23-10-8-15)19(22)20-12-16-11-14-5-3-4-6-17(14)24-16/h3-6,11,13,15,18,21H,7-10,12H2,1-2H3,(H,20,22)/t18-/m0/s1. The maximum Gasteiger partial charge on any atom is 0.237 e.